The van der Waals surface area contributed by atoms with E-state index in [4.69, 9.17) is 15.6 Å². The molecule has 2 aromatic rings. The quantitative estimate of drug-likeness (QED) is 0.412. The monoisotopic (exact) mass is 620 g/mol. The van der Waals surface area contributed by atoms with Gasteiger partial charge in [0.1, 0.15) is 11.6 Å². The first-order chi connectivity index (χ1) is 19.5. The van der Waals surface area contributed by atoms with E-state index in [9.17, 15) is 35.2 Å². The lowest BCUT2D eigenvalue weighted by Crippen LogP contribution is -2.48. The number of rotatable bonds is 9. The summed E-state index contributed by atoms with van der Waals surface area (Å²) >= 11 is 0. The van der Waals surface area contributed by atoms with Gasteiger partial charge in [0, 0.05) is 56.9 Å². The minimum absolute atomic E-state index is 0.128. The Morgan fingerprint density at radius 1 is 1.02 bits per heavy atom. The van der Waals surface area contributed by atoms with Crippen LogP contribution in [0.2, 0.25) is 0 Å². The number of hydrogen-bond acceptors (Lipinski definition) is 5. The Balaban J connectivity index is 0.000000616. The van der Waals surface area contributed by atoms with Gasteiger partial charge in [-0.25, -0.2) is 13.6 Å². The lowest BCUT2D eigenvalue weighted by atomic mass is 9.84. The summed E-state index contributed by atoms with van der Waals surface area (Å²) in [6.45, 7) is 0.236. The zero-order valence-corrected chi connectivity index (χ0v) is 23.8. The van der Waals surface area contributed by atoms with Gasteiger partial charge in [-0.2, -0.15) is 30.2 Å². The van der Waals surface area contributed by atoms with E-state index in [1.807, 2.05) is 18.2 Å². The Labute approximate surface area is 240 Å². The van der Waals surface area contributed by atoms with Crippen LogP contribution in [-0.4, -0.2) is 84.4 Å². The van der Waals surface area contributed by atoms with E-state index in [0.29, 0.717) is 18.0 Å². The topological polar surface area (TPSA) is 124 Å². The molecule has 0 aliphatic carbocycles. The number of hydrogen-bond donors (Lipinski definition) is 2. The zero-order chi connectivity index (χ0) is 31.4. The summed E-state index contributed by atoms with van der Waals surface area (Å²) < 4.78 is 88.5. The smallest absolute Gasteiger partial charge is 0.475 e. The van der Waals surface area contributed by atoms with Crippen molar-refractivity contribution in [3.63, 3.8) is 0 Å². The minimum atomic E-state index is -5.08. The first-order valence-corrected chi connectivity index (χ1v) is 14.5. The fourth-order valence-electron chi connectivity index (χ4n) is 5.45. The summed E-state index contributed by atoms with van der Waals surface area (Å²) in [5.74, 6) is -4.42. The Morgan fingerprint density at radius 2 is 1.55 bits per heavy atom. The predicted molar refractivity (Wildman–Crippen MR) is 144 cm³/mol. The van der Waals surface area contributed by atoms with E-state index >= 15 is 0 Å². The molecule has 3 N–H and O–H groups in total. The first kappa shape index (κ1) is 33.4. The number of benzene rings is 2. The van der Waals surface area contributed by atoms with Crippen LogP contribution in [-0.2, 0) is 21.5 Å². The molecule has 2 saturated heterocycles. The number of halogens is 5. The van der Waals surface area contributed by atoms with Crippen LogP contribution in [0.1, 0.15) is 53.1 Å². The summed E-state index contributed by atoms with van der Waals surface area (Å²) in [7, 11) is -1.07. The maximum Gasteiger partial charge on any atom is 0.490 e. The highest BCUT2D eigenvalue weighted by Crippen LogP contribution is 2.43. The number of carboxylic acid groups (broad SMARTS) is 1. The van der Waals surface area contributed by atoms with Gasteiger partial charge in [0.25, 0.3) is 10.2 Å². The van der Waals surface area contributed by atoms with Crippen molar-refractivity contribution in [2.75, 3.05) is 27.2 Å². The third-order valence-electron chi connectivity index (χ3n) is 7.56. The van der Waals surface area contributed by atoms with Gasteiger partial charge < -0.3 is 10.8 Å². The maximum absolute atomic E-state index is 14.3. The Morgan fingerprint density at radius 3 is 2.02 bits per heavy atom. The van der Waals surface area contributed by atoms with Crippen LogP contribution in [0.15, 0.2) is 42.5 Å². The van der Waals surface area contributed by atoms with Crippen molar-refractivity contribution < 1.29 is 45.1 Å². The third-order valence-corrected chi connectivity index (χ3v) is 9.45. The number of fused-ring (bicyclic) bond motifs is 2. The molecule has 2 fully saturated rings. The normalized spacial score (nSPS) is 20.8. The van der Waals surface area contributed by atoms with Crippen LogP contribution in [0, 0.1) is 11.6 Å². The molecule has 2 heterocycles. The van der Waals surface area contributed by atoms with Gasteiger partial charge in [0.05, 0.1) is 0 Å². The van der Waals surface area contributed by atoms with Crippen LogP contribution in [0.3, 0.4) is 0 Å². The molecule has 0 saturated carbocycles. The molecule has 0 spiro atoms. The summed E-state index contributed by atoms with van der Waals surface area (Å²) in [6, 6.07) is 11.6. The van der Waals surface area contributed by atoms with Gasteiger partial charge >= 0.3 is 12.1 Å². The molecule has 1 unspecified atom stereocenters. The van der Waals surface area contributed by atoms with Crippen LogP contribution in [0.5, 0.6) is 0 Å². The average Bonchev–Trinajstić information content (AvgIpc) is 3.13. The van der Waals surface area contributed by atoms with Crippen LogP contribution in [0.25, 0.3) is 0 Å². The van der Waals surface area contributed by atoms with Crippen molar-refractivity contribution in [2.24, 2.45) is 5.73 Å². The van der Waals surface area contributed by atoms with E-state index < -0.39 is 39.9 Å². The molecule has 1 amide bonds. The van der Waals surface area contributed by atoms with Crippen LogP contribution >= 0.6 is 0 Å². The molecule has 2 bridgehead atoms. The number of alkyl halides is 3. The number of piperidine rings is 1. The van der Waals surface area contributed by atoms with E-state index in [1.165, 1.54) is 20.2 Å². The number of carbonyl (C=O) groups is 2. The van der Waals surface area contributed by atoms with Crippen molar-refractivity contribution >= 4 is 22.1 Å². The molecule has 9 nitrogen and oxygen atoms in total. The standard InChI is InChI=1S/C25H32F2N4O3S.C2HF3O2/c1-29(2)35(33,34)30(16-22-23(26)7-4-8-24(22)27)11-12-31-20-9-10-21(31)15-19(14-20)17-5-3-6-18(13-17)25(28)32;3-2(4,5)1(6)7/h3-8,13,19-21H,9-12,14-16H2,1-2H3,(H2,28,32);(H,6,7)/t19?,20-,21+;. The largest absolute Gasteiger partial charge is 0.490 e. The van der Waals surface area contributed by atoms with Crippen molar-refractivity contribution in [1.82, 2.24) is 13.5 Å². The summed E-state index contributed by atoms with van der Waals surface area (Å²) in [5, 5.41) is 7.12. The number of nitrogens with zero attached hydrogens (tertiary/aromatic N) is 3. The van der Waals surface area contributed by atoms with E-state index in [0.717, 1.165) is 52.0 Å². The van der Waals surface area contributed by atoms with Crippen molar-refractivity contribution in [2.45, 2.75) is 56.4 Å². The molecule has 2 aromatic carbocycles. The SMILES string of the molecule is CN(C)S(=O)(=O)N(CCN1[C@@H]2CC[C@H]1CC(c1cccc(C(N)=O)c1)C2)Cc1c(F)cccc1F.O=C(O)C(F)(F)F. The maximum atomic E-state index is 14.3. The summed E-state index contributed by atoms with van der Waals surface area (Å²) in [6.07, 6.45) is -1.25. The van der Waals surface area contributed by atoms with E-state index in [-0.39, 0.29) is 30.7 Å². The molecule has 2 aliphatic rings. The number of primary amides is 1. The molecule has 232 valence electrons. The van der Waals surface area contributed by atoms with Gasteiger partial charge in [-0.1, -0.05) is 18.2 Å². The van der Waals surface area contributed by atoms with Gasteiger partial charge in [-0.15, -0.1) is 0 Å². The molecule has 42 heavy (non-hydrogen) atoms. The lowest BCUT2D eigenvalue weighted by molar-refractivity contribution is -0.192. The van der Waals surface area contributed by atoms with Gasteiger partial charge in [0.15, 0.2) is 0 Å². The lowest BCUT2D eigenvalue weighted by Gasteiger charge is -2.40. The predicted octanol–water partition coefficient (Wildman–Crippen LogP) is 3.72. The second kappa shape index (κ2) is 13.4. The number of nitrogens with two attached hydrogens (primary N) is 1. The second-order valence-corrected chi connectivity index (χ2v) is 12.6. The number of aliphatic carboxylic acids is 1. The fraction of sp³-hybridized carbons (Fsp3) is 0.481. The highest BCUT2D eigenvalue weighted by atomic mass is 32.2. The Hall–Kier alpha value is -3.14. The molecular weight excluding hydrogens is 587 g/mol. The van der Waals surface area contributed by atoms with Crippen LogP contribution in [0.4, 0.5) is 22.0 Å². The van der Waals surface area contributed by atoms with Crippen molar-refractivity contribution in [3.8, 4) is 0 Å². The molecule has 0 aromatic heterocycles. The number of amides is 1. The summed E-state index contributed by atoms with van der Waals surface area (Å²) in [5.41, 5.74) is 6.80. The van der Waals surface area contributed by atoms with Crippen molar-refractivity contribution in [3.05, 3.63) is 70.8 Å². The molecule has 4 rings (SSSR count). The zero-order valence-electron chi connectivity index (χ0n) is 23.0. The molecular formula is C27H33F5N4O5S. The number of carbonyl (C=O) groups excluding carboxylic acids is 1. The molecule has 3 atom stereocenters. The van der Waals surface area contributed by atoms with Crippen molar-refractivity contribution in [1.29, 1.82) is 0 Å². The van der Waals surface area contributed by atoms with Gasteiger partial charge in [-0.05, 0) is 61.4 Å². The number of carboxylic acids is 1. The average molecular weight is 621 g/mol. The highest BCUT2D eigenvalue weighted by molar-refractivity contribution is 7.86. The molecule has 2 aliphatic heterocycles. The third kappa shape index (κ3) is 8.02. The second-order valence-electron chi connectivity index (χ2n) is 10.4. The van der Waals surface area contributed by atoms with Crippen LogP contribution < -0.4 is 5.73 Å². The van der Waals surface area contributed by atoms with E-state index in [1.54, 1.807) is 6.07 Å². The fourth-order valence-corrected chi connectivity index (χ4v) is 6.52. The molecule has 0 radical (unpaired) electrons. The Kier molecular flexibility index (Phi) is 10.7. The first-order valence-electron chi connectivity index (χ1n) is 13.1. The minimum Gasteiger partial charge on any atom is -0.475 e. The van der Waals surface area contributed by atoms with Gasteiger partial charge in [-0.3, -0.25) is 9.69 Å². The molecule has 15 heteroatoms. The summed E-state index contributed by atoms with van der Waals surface area (Å²) in [4.78, 5) is 22.8. The van der Waals surface area contributed by atoms with Gasteiger partial charge in [0.2, 0.25) is 5.91 Å². The van der Waals surface area contributed by atoms with E-state index in [2.05, 4.69) is 4.90 Å². The highest BCUT2D eigenvalue weighted by Gasteiger charge is 2.41. The Bertz CT molecular complexity index is 1350.